The second-order valence-electron chi connectivity index (χ2n) is 6.93. The summed E-state index contributed by atoms with van der Waals surface area (Å²) in [5, 5.41) is 11.1. The number of nitrogens with zero attached hydrogens (tertiary/aromatic N) is 3. The molecule has 1 fully saturated rings. The molecule has 1 aromatic heterocycles. The van der Waals surface area contributed by atoms with E-state index in [1.807, 2.05) is 49.4 Å². The van der Waals surface area contributed by atoms with Crippen LogP contribution in [0.3, 0.4) is 0 Å². The number of hydrogen-bond donors (Lipinski definition) is 1. The molecule has 0 spiro atoms. The minimum Gasteiger partial charge on any atom is -0.497 e. The highest BCUT2D eigenvalue weighted by Gasteiger charge is 2.17. The maximum Gasteiger partial charge on any atom is 0.236 e. The third kappa shape index (κ3) is 5.53. The van der Waals surface area contributed by atoms with Gasteiger partial charge in [-0.1, -0.05) is 11.8 Å². The lowest BCUT2D eigenvalue weighted by atomic mass is 10.2. The number of amides is 1. The molecule has 1 N–H and O–H groups in total. The lowest BCUT2D eigenvalue weighted by Crippen LogP contribution is -2.19. The van der Waals surface area contributed by atoms with E-state index in [4.69, 9.17) is 18.6 Å². The second-order valence-corrected chi connectivity index (χ2v) is 7.90. The van der Waals surface area contributed by atoms with Gasteiger partial charge >= 0.3 is 0 Å². The van der Waals surface area contributed by atoms with E-state index < -0.39 is 0 Å². The molecule has 170 valence electrons. The highest BCUT2D eigenvalue weighted by atomic mass is 32.2. The van der Waals surface area contributed by atoms with Crippen LogP contribution in [0.4, 0.5) is 0 Å². The molecule has 2 heterocycles. The number of amidine groups is 1. The zero-order chi connectivity index (χ0) is 23.2. The van der Waals surface area contributed by atoms with Crippen LogP contribution >= 0.6 is 11.8 Å². The molecule has 33 heavy (non-hydrogen) atoms. The van der Waals surface area contributed by atoms with E-state index in [-0.39, 0.29) is 12.5 Å². The van der Waals surface area contributed by atoms with Crippen molar-refractivity contribution < 1.29 is 23.4 Å². The smallest absolute Gasteiger partial charge is 0.236 e. The topological polar surface area (TPSA) is 108 Å². The van der Waals surface area contributed by atoms with Crippen molar-refractivity contribution in [2.45, 2.75) is 13.5 Å². The van der Waals surface area contributed by atoms with E-state index in [1.165, 1.54) is 11.8 Å². The Labute approximate surface area is 194 Å². The Morgan fingerprint density at radius 3 is 2.64 bits per heavy atom. The third-order valence-corrected chi connectivity index (χ3v) is 5.59. The Morgan fingerprint density at radius 2 is 1.94 bits per heavy atom. The summed E-state index contributed by atoms with van der Waals surface area (Å²) < 4.78 is 22.5. The molecule has 0 unspecified atom stereocenters. The number of carbonyl (C=O) groups is 1. The van der Waals surface area contributed by atoms with Gasteiger partial charge in [-0.2, -0.15) is 5.10 Å². The molecule has 10 heteroatoms. The van der Waals surface area contributed by atoms with E-state index >= 15 is 0 Å². The minimum atomic E-state index is -0.0625. The number of carbonyl (C=O) groups excluding carboxylic acids is 1. The van der Waals surface area contributed by atoms with Gasteiger partial charge in [-0.15, -0.1) is 5.10 Å². The van der Waals surface area contributed by atoms with Crippen molar-refractivity contribution in [1.29, 1.82) is 0 Å². The monoisotopic (exact) mass is 466 g/mol. The summed E-state index contributed by atoms with van der Waals surface area (Å²) in [6.45, 7) is 2.09. The van der Waals surface area contributed by atoms with Gasteiger partial charge in [0.05, 0.1) is 31.8 Å². The second kappa shape index (κ2) is 10.2. The SMILES string of the molecule is COc1ccc(OC)c(-c2nc(COc3ccc(C=NN=C4NC(=O)CS4)cc3)c(C)o2)c1. The van der Waals surface area contributed by atoms with Crippen LogP contribution in [0.25, 0.3) is 11.5 Å². The number of ether oxygens (including phenoxy) is 3. The maximum absolute atomic E-state index is 11.1. The lowest BCUT2D eigenvalue weighted by molar-refractivity contribution is -0.116. The summed E-state index contributed by atoms with van der Waals surface area (Å²) in [5.74, 6) is 3.41. The van der Waals surface area contributed by atoms with Gasteiger partial charge in [0.15, 0.2) is 5.17 Å². The van der Waals surface area contributed by atoms with Gasteiger partial charge < -0.3 is 23.9 Å². The highest BCUT2D eigenvalue weighted by molar-refractivity contribution is 8.15. The first-order valence-corrected chi connectivity index (χ1v) is 11.0. The van der Waals surface area contributed by atoms with Gasteiger partial charge in [0.25, 0.3) is 0 Å². The molecule has 0 radical (unpaired) electrons. The van der Waals surface area contributed by atoms with Crippen molar-refractivity contribution in [1.82, 2.24) is 10.3 Å². The molecule has 9 nitrogen and oxygen atoms in total. The van der Waals surface area contributed by atoms with Gasteiger partial charge in [0.2, 0.25) is 11.8 Å². The molecule has 0 saturated carbocycles. The molecule has 0 aliphatic carbocycles. The average molecular weight is 467 g/mol. The van der Waals surface area contributed by atoms with E-state index in [2.05, 4.69) is 20.5 Å². The zero-order valence-corrected chi connectivity index (χ0v) is 19.1. The fraction of sp³-hybridized carbons (Fsp3) is 0.217. The molecule has 0 bridgehead atoms. The van der Waals surface area contributed by atoms with Crippen molar-refractivity contribution in [3.8, 4) is 28.7 Å². The molecule has 2 aromatic carbocycles. The Hall–Kier alpha value is -3.79. The number of hydrogen-bond acceptors (Lipinski definition) is 9. The number of aryl methyl sites for hydroxylation is 1. The number of methoxy groups -OCH3 is 2. The van der Waals surface area contributed by atoms with Crippen molar-refractivity contribution >= 4 is 29.1 Å². The molecule has 1 amide bonds. The average Bonchev–Trinajstić information content (AvgIpc) is 3.42. The van der Waals surface area contributed by atoms with Crippen molar-refractivity contribution in [2.75, 3.05) is 20.0 Å². The summed E-state index contributed by atoms with van der Waals surface area (Å²) in [6, 6.07) is 12.8. The predicted molar refractivity (Wildman–Crippen MR) is 126 cm³/mol. The summed E-state index contributed by atoms with van der Waals surface area (Å²) >= 11 is 1.33. The minimum absolute atomic E-state index is 0.0625. The third-order valence-electron chi connectivity index (χ3n) is 4.73. The van der Waals surface area contributed by atoms with Crippen molar-refractivity contribution in [3.63, 3.8) is 0 Å². The van der Waals surface area contributed by atoms with Crippen molar-refractivity contribution in [3.05, 3.63) is 59.5 Å². The molecule has 1 aliphatic heterocycles. The molecule has 1 saturated heterocycles. The van der Waals surface area contributed by atoms with E-state index in [9.17, 15) is 4.79 Å². The zero-order valence-electron chi connectivity index (χ0n) is 18.3. The highest BCUT2D eigenvalue weighted by Crippen LogP contribution is 2.34. The number of benzene rings is 2. The van der Waals surface area contributed by atoms with Crippen molar-refractivity contribution in [2.24, 2.45) is 10.2 Å². The number of rotatable bonds is 8. The van der Waals surface area contributed by atoms with Crippen LogP contribution < -0.4 is 19.5 Å². The maximum atomic E-state index is 11.1. The Kier molecular flexibility index (Phi) is 6.94. The Balaban J connectivity index is 1.40. The summed E-state index contributed by atoms with van der Waals surface area (Å²) in [4.78, 5) is 15.7. The molecule has 3 aromatic rings. The van der Waals surface area contributed by atoms with E-state index in [0.717, 1.165) is 5.56 Å². The van der Waals surface area contributed by atoms with E-state index in [0.29, 0.717) is 51.1 Å². The van der Waals surface area contributed by atoms with E-state index in [1.54, 1.807) is 20.4 Å². The molecule has 0 atom stereocenters. The first-order valence-electron chi connectivity index (χ1n) is 10.0. The number of nitrogens with one attached hydrogen (secondary N) is 1. The van der Waals surface area contributed by atoms with Crippen LogP contribution in [0.5, 0.6) is 17.2 Å². The van der Waals surface area contributed by atoms with Gasteiger partial charge in [-0.3, -0.25) is 4.79 Å². The normalized spacial score (nSPS) is 14.6. The summed E-state index contributed by atoms with van der Waals surface area (Å²) in [5.41, 5.74) is 2.24. The number of aromatic nitrogens is 1. The molecule has 1 aliphatic rings. The van der Waals surface area contributed by atoms with Gasteiger partial charge in [-0.25, -0.2) is 4.98 Å². The molecule has 4 rings (SSSR count). The molecular formula is C23H22N4O5S. The van der Waals surface area contributed by atoms with Crippen LogP contribution in [0, 0.1) is 6.92 Å². The van der Waals surface area contributed by atoms with Crippen LogP contribution in [0.2, 0.25) is 0 Å². The quantitative estimate of drug-likeness (QED) is 0.397. The van der Waals surface area contributed by atoms with Gasteiger partial charge in [0.1, 0.15) is 35.3 Å². The van der Waals surface area contributed by atoms with Crippen LogP contribution in [0.1, 0.15) is 17.0 Å². The standard InChI is InChI=1S/C23H22N4O5S/c1-14-19(25-22(32-14)18-10-17(29-2)8-9-20(18)30-3)12-31-16-6-4-15(5-7-16)11-24-27-23-26-21(28)13-33-23/h4-11H,12-13H2,1-3H3,(H,26,27,28). The molecular weight excluding hydrogens is 444 g/mol. The Morgan fingerprint density at radius 1 is 1.15 bits per heavy atom. The number of oxazole rings is 1. The predicted octanol–water partition coefficient (Wildman–Crippen LogP) is 3.80. The fourth-order valence-electron chi connectivity index (χ4n) is 2.99. The first-order chi connectivity index (χ1) is 16.1. The summed E-state index contributed by atoms with van der Waals surface area (Å²) in [6.07, 6.45) is 1.61. The number of thioether (sulfide) groups is 1. The van der Waals surface area contributed by atoms with Crippen LogP contribution in [-0.2, 0) is 11.4 Å². The van der Waals surface area contributed by atoms with Crippen LogP contribution in [0.15, 0.2) is 57.1 Å². The fourth-order valence-corrected chi connectivity index (χ4v) is 3.62. The van der Waals surface area contributed by atoms with Crippen LogP contribution in [-0.4, -0.2) is 42.2 Å². The Bertz CT molecular complexity index is 1200. The lowest BCUT2D eigenvalue weighted by Gasteiger charge is -2.07. The van der Waals surface area contributed by atoms with Gasteiger partial charge in [-0.05, 0) is 55.0 Å². The first kappa shape index (κ1) is 22.4. The van der Waals surface area contributed by atoms with Gasteiger partial charge in [0, 0.05) is 0 Å². The summed E-state index contributed by atoms with van der Waals surface area (Å²) in [7, 11) is 3.20. The largest absolute Gasteiger partial charge is 0.497 e.